The van der Waals surface area contributed by atoms with E-state index in [4.69, 9.17) is 10.8 Å². The van der Waals surface area contributed by atoms with Crippen LogP contribution in [0.4, 0.5) is 5.69 Å². The first-order chi connectivity index (χ1) is 8.54. The Balaban J connectivity index is 2.83. The number of unbranched alkanes of at least 4 members (excludes halogenated alkanes) is 1. The van der Waals surface area contributed by atoms with Crippen molar-refractivity contribution in [2.75, 3.05) is 18.0 Å². The molecule has 1 amide bonds. The van der Waals surface area contributed by atoms with Crippen LogP contribution in [0.3, 0.4) is 0 Å². The van der Waals surface area contributed by atoms with Gasteiger partial charge in [-0.25, -0.2) is 9.78 Å². The van der Waals surface area contributed by atoms with Gasteiger partial charge in [-0.05, 0) is 18.6 Å². The molecule has 1 heterocycles. The van der Waals surface area contributed by atoms with Crippen molar-refractivity contribution >= 4 is 17.6 Å². The number of carbonyl (C=O) groups is 2. The molecule has 0 aromatic carbocycles. The molecular formula is C12H17N3O3. The molecule has 0 saturated heterocycles. The molecule has 6 nitrogen and oxygen atoms in total. The Morgan fingerprint density at radius 2 is 2.17 bits per heavy atom. The van der Waals surface area contributed by atoms with Crippen LogP contribution in [0.5, 0.6) is 0 Å². The summed E-state index contributed by atoms with van der Waals surface area (Å²) in [6, 6.07) is 3.05. The molecule has 3 N–H and O–H groups in total. The third-order valence-electron chi connectivity index (χ3n) is 2.46. The molecule has 0 aliphatic carbocycles. The average Bonchev–Trinajstić information content (AvgIpc) is 2.34. The number of primary amides is 1. The van der Waals surface area contributed by atoms with Gasteiger partial charge in [-0.15, -0.1) is 0 Å². The minimum absolute atomic E-state index is 0.0201. The SMILES string of the molecule is CCCCN(CC(N)=O)c1ccc(C(=O)O)nc1. The minimum atomic E-state index is -1.07. The van der Waals surface area contributed by atoms with Crippen LogP contribution in [0.2, 0.25) is 0 Å². The maximum Gasteiger partial charge on any atom is 0.354 e. The summed E-state index contributed by atoms with van der Waals surface area (Å²) >= 11 is 0. The Hall–Kier alpha value is -2.11. The highest BCUT2D eigenvalue weighted by Crippen LogP contribution is 2.13. The van der Waals surface area contributed by atoms with Crippen LogP contribution in [0.25, 0.3) is 0 Å². The first-order valence-electron chi connectivity index (χ1n) is 5.77. The summed E-state index contributed by atoms with van der Waals surface area (Å²) in [6.07, 6.45) is 3.37. The van der Waals surface area contributed by atoms with E-state index in [-0.39, 0.29) is 12.2 Å². The molecule has 1 aromatic heterocycles. The zero-order valence-electron chi connectivity index (χ0n) is 10.3. The van der Waals surface area contributed by atoms with Gasteiger partial charge in [0.05, 0.1) is 18.4 Å². The fourth-order valence-electron chi connectivity index (χ4n) is 1.54. The zero-order chi connectivity index (χ0) is 13.5. The van der Waals surface area contributed by atoms with Crippen LogP contribution >= 0.6 is 0 Å². The Morgan fingerprint density at radius 3 is 2.61 bits per heavy atom. The quantitative estimate of drug-likeness (QED) is 0.749. The van der Waals surface area contributed by atoms with Gasteiger partial charge < -0.3 is 15.7 Å². The molecule has 0 unspecified atom stereocenters. The number of rotatable bonds is 7. The number of hydrogen-bond donors (Lipinski definition) is 2. The normalized spacial score (nSPS) is 10.1. The van der Waals surface area contributed by atoms with Crippen molar-refractivity contribution in [3.8, 4) is 0 Å². The predicted octanol–water partition coefficient (Wildman–Crippen LogP) is 0.872. The summed E-state index contributed by atoms with van der Waals surface area (Å²) in [4.78, 5) is 27.3. The summed E-state index contributed by atoms with van der Waals surface area (Å²) in [5.74, 6) is -1.50. The lowest BCUT2D eigenvalue weighted by Crippen LogP contribution is -2.34. The molecule has 0 aliphatic heterocycles. The molecule has 18 heavy (non-hydrogen) atoms. The smallest absolute Gasteiger partial charge is 0.354 e. The van der Waals surface area contributed by atoms with E-state index >= 15 is 0 Å². The maximum atomic E-state index is 11.0. The lowest BCUT2D eigenvalue weighted by molar-refractivity contribution is -0.116. The highest BCUT2D eigenvalue weighted by molar-refractivity contribution is 5.85. The van der Waals surface area contributed by atoms with Crippen molar-refractivity contribution in [2.45, 2.75) is 19.8 Å². The van der Waals surface area contributed by atoms with Gasteiger partial charge in [0.1, 0.15) is 5.69 Å². The van der Waals surface area contributed by atoms with E-state index < -0.39 is 11.9 Å². The van der Waals surface area contributed by atoms with Gasteiger partial charge in [0.15, 0.2) is 0 Å². The predicted molar refractivity (Wildman–Crippen MR) is 67.5 cm³/mol. The largest absolute Gasteiger partial charge is 0.477 e. The Labute approximate surface area is 105 Å². The number of aromatic carboxylic acids is 1. The number of carboxylic acids is 1. The van der Waals surface area contributed by atoms with E-state index in [0.717, 1.165) is 12.8 Å². The molecule has 0 bridgehead atoms. The number of hydrogen-bond acceptors (Lipinski definition) is 4. The zero-order valence-corrected chi connectivity index (χ0v) is 10.3. The molecular weight excluding hydrogens is 234 g/mol. The number of anilines is 1. The monoisotopic (exact) mass is 251 g/mol. The van der Waals surface area contributed by atoms with Crippen LogP contribution in [-0.2, 0) is 4.79 Å². The van der Waals surface area contributed by atoms with Crippen molar-refractivity contribution in [2.24, 2.45) is 5.73 Å². The van der Waals surface area contributed by atoms with E-state index in [1.54, 1.807) is 11.0 Å². The molecule has 0 spiro atoms. The number of nitrogens with zero attached hydrogens (tertiary/aromatic N) is 2. The number of nitrogens with two attached hydrogens (primary N) is 1. The van der Waals surface area contributed by atoms with Crippen molar-refractivity contribution in [1.82, 2.24) is 4.98 Å². The number of carboxylic acid groups (broad SMARTS) is 1. The number of pyridine rings is 1. The van der Waals surface area contributed by atoms with E-state index in [2.05, 4.69) is 4.98 Å². The van der Waals surface area contributed by atoms with Gasteiger partial charge in [-0.1, -0.05) is 13.3 Å². The van der Waals surface area contributed by atoms with Gasteiger partial charge in [-0.2, -0.15) is 0 Å². The molecule has 0 atom stereocenters. The van der Waals surface area contributed by atoms with Crippen LogP contribution in [-0.4, -0.2) is 35.1 Å². The third-order valence-corrected chi connectivity index (χ3v) is 2.46. The van der Waals surface area contributed by atoms with Crippen LogP contribution in [0, 0.1) is 0 Å². The lowest BCUT2D eigenvalue weighted by atomic mass is 10.2. The van der Waals surface area contributed by atoms with Gasteiger partial charge in [0.2, 0.25) is 5.91 Å². The van der Waals surface area contributed by atoms with E-state index in [1.165, 1.54) is 12.3 Å². The maximum absolute atomic E-state index is 11.0. The highest BCUT2D eigenvalue weighted by atomic mass is 16.4. The highest BCUT2D eigenvalue weighted by Gasteiger charge is 2.11. The van der Waals surface area contributed by atoms with Crippen molar-refractivity contribution in [3.05, 3.63) is 24.0 Å². The fraction of sp³-hybridized carbons (Fsp3) is 0.417. The summed E-state index contributed by atoms with van der Waals surface area (Å²) in [5, 5.41) is 8.75. The Kier molecular flexibility index (Phi) is 5.10. The minimum Gasteiger partial charge on any atom is -0.477 e. The van der Waals surface area contributed by atoms with Gasteiger partial charge in [0, 0.05) is 6.54 Å². The van der Waals surface area contributed by atoms with Gasteiger partial charge in [-0.3, -0.25) is 4.79 Å². The van der Waals surface area contributed by atoms with Crippen LogP contribution < -0.4 is 10.6 Å². The van der Waals surface area contributed by atoms with Crippen LogP contribution in [0.15, 0.2) is 18.3 Å². The third kappa shape index (κ3) is 4.04. The van der Waals surface area contributed by atoms with Crippen LogP contribution in [0.1, 0.15) is 30.3 Å². The molecule has 0 fully saturated rings. The molecule has 0 radical (unpaired) electrons. The lowest BCUT2D eigenvalue weighted by Gasteiger charge is -2.22. The molecule has 6 heteroatoms. The van der Waals surface area contributed by atoms with Crippen molar-refractivity contribution in [3.63, 3.8) is 0 Å². The summed E-state index contributed by atoms with van der Waals surface area (Å²) in [7, 11) is 0. The second-order valence-corrected chi connectivity index (χ2v) is 3.95. The molecule has 1 aromatic rings. The molecule has 98 valence electrons. The molecule has 0 saturated carbocycles. The van der Waals surface area contributed by atoms with E-state index in [1.807, 2.05) is 6.92 Å². The standard InChI is InChI=1S/C12H17N3O3/c1-2-3-6-15(8-11(13)16)9-4-5-10(12(17)18)14-7-9/h4-5,7H,2-3,6,8H2,1H3,(H2,13,16)(H,17,18). The summed E-state index contributed by atoms with van der Waals surface area (Å²) in [6.45, 7) is 2.84. The molecule has 0 aliphatic rings. The van der Waals surface area contributed by atoms with Gasteiger partial charge in [0.25, 0.3) is 0 Å². The van der Waals surface area contributed by atoms with Crippen molar-refractivity contribution in [1.29, 1.82) is 0 Å². The second-order valence-electron chi connectivity index (χ2n) is 3.95. The topological polar surface area (TPSA) is 96.5 Å². The number of carbonyl (C=O) groups excluding carboxylic acids is 1. The summed E-state index contributed by atoms with van der Waals surface area (Å²) in [5.41, 5.74) is 5.87. The number of aromatic nitrogens is 1. The first-order valence-corrected chi connectivity index (χ1v) is 5.77. The fourth-order valence-corrected chi connectivity index (χ4v) is 1.54. The second kappa shape index (κ2) is 6.58. The van der Waals surface area contributed by atoms with E-state index in [0.29, 0.717) is 12.2 Å². The first kappa shape index (κ1) is 14.0. The summed E-state index contributed by atoms with van der Waals surface area (Å²) < 4.78 is 0. The van der Waals surface area contributed by atoms with Crippen molar-refractivity contribution < 1.29 is 14.7 Å². The molecule has 1 rings (SSSR count). The number of amides is 1. The average molecular weight is 251 g/mol. The Bertz CT molecular complexity index is 417. The van der Waals surface area contributed by atoms with Gasteiger partial charge >= 0.3 is 5.97 Å². The Morgan fingerprint density at radius 1 is 1.44 bits per heavy atom. The van der Waals surface area contributed by atoms with E-state index in [9.17, 15) is 9.59 Å².